The lowest BCUT2D eigenvalue weighted by molar-refractivity contribution is 1.07. The van der Waals surface area contributed by atoms with Crippen LogP contribution < -0.4 is 0 Å². The number of benzene rings is 9. The normalized spacial score (nSPS) is 10.9. The Bertz CT molecular complexity index is 4900. The fourth-order valence-electron chi connectivity index (χ4n) is 10.9. The Balaban J connectivity index is 1.08. The third kappa shape index (κ3) is 7.80. The van der Waals surface area contributed by atoms with Gasteiger partial charge in [-0.05, 0) is 101 Å². The molecule has 13 aromatic rings. The molecule has 4 aromatic heterocycles. The van der Waals surface area contributed by atoms with Crippen molar-refractivity contribution >= 4 is 66.4 Å². The number of para-hydroxylation sites is 2. The average molecular weight is 1020 g/mol. The quantitative estimate of drug-likeness (QED) is 0.140. The zero-order chi connectivity index (χ0) is 54.4. The Morgan fingerprint density at radius 3 is 1.52 bits per heavy atom. The fraction of sp³-hybridized carbons (Fsp3) is 0. The van der Waals surface area contributed by atoms with Gasteiger partial charge in [-0.25, -0.2) is 34.3 Å². The molecule has 0 saturated heterocycles. The number of nitrogens with zero attached hydrogens (tertiary/aromatic N) is 12. The zero-order valence-corrected chi connectivity index (χ0v) is 42.0. The maximum Gasteiger partial charge on any atom is 0.186 e. The van der Waals surface area contributed by atoms with Crippen LogP contribution in [-0.2, 0) is 0 Å². The molecule has 0 fully saturated rings. The van der Waals surface area contributed by atoms with Gasteiger partial charge in [-0.2, -0.15) is 10.5 Å². The molecule has 0 aliphatic carbocycles. The van der Waals surface area contributed by atoms with E-state index in [0.717, 1.165) is 77.2 Å². The van der Waals surface area contributed by atoms with Gasteiger partial charge in [0.05, 0.1) is 66.2 Å². The highest BCUT2D eigenvalue weighted by Gasteiger charge is 2.24. The highest BCUT2D eigenvalue weighted by atomic mass is 15.0. The van der Waals surface area contributed by atoms with Gasteiger partial charge in [0, 0.05) is 78.6 Å². The first kappa shape index (κ1) is 47.4. The summed E-state index contributed by atoms with van der Waals surface area (Å²) in [5, 5.41) is 23.8. The molecule has 80 heavy (non-hydrogen) atoms. The van der Waals surface area contributed by atoms with Crippen LogP contribution in [0.4, 0.5) is 22.7 Å². The number of aromatic nitrogens is 6. The van der Waals surface area contributed by atoms with Gasteiger partial charge in [0.1, 0.15) is 0 Å². The lowest BCUT2D eigenvalue weighted by Gasteiger charge is -2.18. The Kier molecular flexibility index (Phi) is 11.5. The van der Waals surface area contributed by atoms with Gasteiger partial charge in [-0.3, -0.25) is 4.98 Å². The summed E-state index contributed by atoms with van der Waals surface area (Å²) in [5.41, 5.74) is 12.8. The molecule has 0 bridgehead atoms. The van der Waals surface area contributed by atoms with Crippen LogP contribution in [0, 0.1) is 49.0 Å². The van der Waals surface area contributed by atoms with Crippen LogP contribution in [0.2, 0.25) is 0 Å². The van der Waals surface area contributed by atoms with Gasteiger partial charge >= 0.3 is 0 Å². The lowest BCUT2D eigenvalue weighted by Crippen LogP contribution is -2.04. The number of hydrogen-bond donors (Lipinski definition) is 0. The molecule has 0 radical (unpaired) electrons. The van der Waals surface area contributed by atoms with Crippen molar-refractivity contribution in [2.24, 2.45) is 0 Å². The van der Waals surface area contributed by atoms with Crippen LogP contribution in [0.1, 0.15) is 11.1 Å². The van der Waals surface area contributed by atoms with Crippen molar-refractivity contribution in [1.29, 1.82) is 10.5 Å². The van der Waals surface area contributed by atoms with E-state index >= 15 is 0 Å². The topological polar surface area (TPSA) is 126 Å². The molecular formula is C68H34N12. The minimum Gasteiger partial charge on any atom is -0.309 e. The third-order valence-electron chi connectivity index (χ3n) is 14.4. The van der Waals surface area contributed by atoms with Crippen molar-refractivity contribution < 1.29 is 0 Å². The second-order valence-corrected chi connectivity index (χ2v) is 18.8. The SMILES string of the molecule is [C-]#[N+]c1cc(C#N)c(-c2ccc3c(c2)c2ccccc2n3-c2ccncc2-c2cc(-n3c4ccccc4c4cc(-c5c([N+]#[C-])cc(C#N)cc5[N+]#[C-])ccc43)ccc2-c2nc(-c3ccccc3)nc(-c3ccccc3)n2)c([N+]#[C-])c1. The molecular weight excluding hydrogens is 985 g/mol. The van der Waals surface area contributed by atoms with Gasteiger partial charge in [0.25, 0.3) is 0 Å². The molecule has 9 aromatic carbocycles. The highest BCUT2D eigenvalue weighted by Crippen LogP contribution is 2.46. The molecule has 0 unspecified atom stereocenters. The van der Waals surface area contributed by atoms with Crippen LogP contribution in [0.5, 0.6) is 0 Å². The van der Waals surface area contributed by atoms with Gasteiger partial charge in [0.2, 0.25) is 0 Å². The third-order valence-corrected chi connectivity index (χ3v) is 14.4. The molecule has 0 saturated carbocycles. The monoisotopic (exact) mass is 1020 g/mol. The molecule has 12 nitrogen and oxygen atoms in total. The van der Waals surface area contributed by atoms with E-state index in [-0.39, 0.29) is 33.9 Å². The standard InChI is InChI=1S/C68H34N12/c1-71-47-33-46(39-70)64(58(36-47)74-4)44-23-28-62-54(34-44)50-20-12-14-22-60(50)80(62)63-29-30-75-40-55(63)52-37-48(25-26-51(52)68-77-66(42-15-7-5-8-16-42)76-67(78-68)43-17-9-6-10-18-43)79-59-21-13-11-19-49(59)53-35-45(24-27-61(53)79)65-56(72-2)31-41(38-69)32-57(65)73-3/h5-37,40H. The van der Waals surface area contributed by atoms with Crippen LogP contribution in [0.3, 0.4) is 0 Å². The van der Waals surface area contributed by atoms with E-state index in [9.17, 15) is 10.5 Å². The summed E-state index contributed by atoms with van der Waals surface area (Å²) >= 11 is 0. The van der Waals surface area contributed by atoms with Gasteiger partial charge in [-0.1, -0.05) is 115 Å². The summed E-state index contributed by atoms with van der Waals surface area (Å²) in [4.78, 5) is 35.2. The Hall–Kier alpha value is -12.3. The Labute approximate surface area is 458 Å². The lowest BCUT2D eigenvalue weighted by atomic mass is 9.96. The van der Waals surface area contributed by atoms with Crippen LogP contribution in [0.25, 0.3) is 142 Å². The maximum atomic E-state index is 10.3. The van der Waals surface area contributed by atoms with E-state index in [4.69, 9.17) is 46.2 Å². The first-order valence-electron chi connectivity index (χ1n) is 25.1. The molecule has 366 valence electrons. The minimum absolute atomic E-state index is 0.226. The molecule has 0 aliphatic heterocycles. The minimum atomic E-state index is 0.226. The van der Waals surface area contributed by atoms with E-state index in [2.05, 4.69) is 83.1 Å². The summed E-state index contributed by atoms with van der Waals surface area (Å²) in [6, 6.07) is 66.6. The van der Waals surface area contributed by atoms with Crippen LogP contribution in [0.15, 0.2) is 207 Å². The first-order chi connectivity index (χ1) is 39.4. The maximum absolute atomic E-state index is 10.3. The van der Waals surface area contributed by atoms with Crippen LogP contribution >= 0.6 is 0 Å². The largest absolute Gasteiger partial charge is 0.309 e. The second-order valence-electron chi connectivity index (χ2n) is 18.8. The molecule has 0 N–H and O–H groups in total. The van der Waals surface area contributed by atoms with Crippen molar-refractivity contribution in [1.82, 2.24) is 29.1 Å². The highest BCUT2D eigenvalue weighted by molar-refractivity contribution is 6.13. The van der Waals surface area contributed by atoms with Crippen LogP contribution in [-0.4, -0.2) is 29.1 Å². The molecule has 0 amide bonds. The van der Waals surface area contributed by atoms with E-state index in [1.54, 1.807) is 6.20 Å². The predicted octanol–water partition coefficient (Wildman–Crippen LogP) is 17.4. The molecule has 13 rings (SSSR count). The number of nitriles is 2. The Morgan fingerprint density at radius 1 is 0.400 bits per heavy atom. The summed E-state index contributed by atoms with van der Waals surface area (Å²) < 4.78 is 4.42. The predicted molar refractivity (Wildman–Crippen MR) is 313 cm³/mol. The smallest absolute Gasteiger partial charge is 0.186 e. The Morgan fingerprint density at radius 2 is 0.938 bits per heavy atom. The number of hydrogen-bond acceptors (Lipinski definition) is 6. The summed E-state index contributed by atoms with van der Waals surface area (Å²) in [7, 11) is 0. The van der Waals surface area contributed by atoms with Gasteiger partial charge in [-0.15, -0.1) is 0 Å². The van der Waals surface area contributed by atoms with Crippen molar-refractivity contribution in [2.75, 3.05) is 0 Å². The van der Waals surface area contributed by atoms with E-state index in [1.165, 1.54) is 24.3 Å². The average Bonchev–Trinajstić information content (AvgIpc) is 4.10. The number of pyridine rings is 1. The first-order valence-corrected chi connectivity index (χ1v) is 25.1. The molecule has 12 heteroatoms. The molecule has 0 aliphatic rings. The molecule has 0 spiro atoms. The van der Waals surface area contributed by atoms with Gasteiger partial charge < -0.3 is 9.13 Å². The van der Waals surface area contributed by atoms with Crippen molar-refractivity contribution in [3.05, 3.63) is 263 Å². The zero-order valence-electron chi connectivity index (χ0n) is 42.0. The van der Waals surface area contributed by atoms with Crippen molar-refractivity contribution in [3.63, 3.8) is 0 Å². The number of fused-ring (bicyclic) bond motifs is 6. The summed E-state index contributed by atoms with van der Waals surface area (Å²) in [6.07, 6.45) is 3.64. The van der Waals surface area contributed by atoms with E-state index < -0.39 is 0 Å². The van der Waals surface area contributed by atoms with E-state index in [1.807, 2.05) is 134 Å². The van der Waals surface area contributed by atoms with Crippen molar-refractivity contribution in [2.45, 2.75) is 0 Å². The summed E-state index contributed by atoms with van der Waals surface area (Å²) in [6.45, 7) is 31.8. The molecule has 4 heterocycles. The van der Waals surface area contributed by atoms with Crippen molar-refractivity contribution in [3.8, 4) is 91.1 Å². The number of rotatable bonds is 8. The second kappa shape index (κ2) is 19.4. The van der Waals surface area contributed by atoms with E-state index in [0.29, 0.717) is 45.3 Å². The molecule has 0 atom stereocenters. The fourth-order valence-corrected chi connectivity index (χ4v) is 10.9. The van der Waals surface area contributed by atoms with Gasteiger partial charge in [0.15, 0.2) is 40.2 Å². The summed E-state index contributed by atoms with van der Waals surface area (Å²) in [5.74, 6) is 1.44.